The van der Waals surface area contributed by atoms with Crippen LogP contribution in [-0.4, -0.2) is 69.9 Å². The van der Waals surface area contributed by atoms with Crippen LogP contribution in [0, 0.1) is 0 Å². The number of rotatable bonds is 8. The third-order valence-corrected chi connectivity index (χ3v) is 6.65. The predicted octanol–water partition coefficient (Wildman–Crippen LogP) is 2.80. The summed E-state index contributed by atoms with van der Waals surface area (Å²) in [5, 5.41) is 0.935. The van der Waals surface area contributed by atoms with E-state index < -0.39 is 10.0 Å². The van der Waals surface area contributed by atoms with Crippen LogP contribution >= 0.6 is 11.6 Å². The molecule has 2 heterocycles. The fourth-order valence-electron chi connectivity index (χ4n) is 3.33. The Kier molecular flexibility index (Phi) is 6.95. The van der Waals surface area contributed by atoms with Gasteiger partial charge in [-0.25, -0.2) is 18.4 Å². The first kappa shape index (κ1) is 22.5. The molecule has 0 unspecified atom stereocenters. The molecule has 4 rings (SSSR count). The highest BCUT2D eigenvalue weighted by molar-refractivity contribution is 7.92. The molecule has 0 saturated carbocycles. The van der Waals surface area contributed by atoms with E-state index in [2.05, 4.69) is 19.6 Å². The highest BCUT2D eigenvalue weighted by atomic mass is 35.5. The molecule has 0 amide bonds. The van der Waals surface area contributed by atoms with Gasteiger partial charge in [0.15, 0.2) is 17.3 Å². The molecule has 32 heavy (non-hydrogen) atoms. The van der Waals surface area contributed by atoms with Crippen molar-refractivity contribution >= 4 is 38.3 Å². The Morgan fingerprint density at radius 1 is 1.12 bits per heavy atom. The van der Waals surface area contributed by atoms with Gasteiger partial charge in [0.1, 0.15) is 12.9 Å². The standard InChI is InChI=1S/C21H23ClN4O5S/c1-29-19-12-17-18(13-20(19)31-11-8-26-6-9-30-10-7-26)23-14-24-21(17)25-32(27,28)16-4-2-15(22)3-5-16/h2-5,12-14H,6-11H2,1H3,(H,23,24,25). The van der Waals surface area contributed by atoms with Crippen LogP contribution in [0.4, 0.5) is 5.82 Å². The maximum Gasteiger partial charge on any atom is 0.263 e. The molecular weight excluding hydrogens is 456 g/mol. The van der Waals surface area contributed by atoms with Gasteiger partial charge in [-0.15, -0.1) is 0 Å². The molecule has 9 nitrogen and oxygen atoms in total. The fraction of sp³-hybridized carbons (Fsp3) is 0.333. The predicted molar refractivity (Wildman–Crippen MR) is 121 cm³/mol. The SMILES string of the molecule is COc1cc2c(NS(=O)(=O)c3ccc(Cl)cc3)ncnc2cc1OCCN1CCOCC1. The summed E-state index contributed by atoms with van der Waals surface area (Å²) in [7, 11) is -2.34. The molecular formula is C21H23ClN4O5S. The van der Waals surface area contributed by atoms with Crippen LogP contribution in [-0.2, 0) is 14.8 Å². The number of benzene rings is 2. The highest BCUT2D eigenvalue weighted by Gasteiger charge is 2.19. The van der Waals surface area contributed by atoms with Crippen molar-refractivity contribution in [2.24, 2.45) is 0 Å². The minimum Gasteiger partial charge on any atom is -0.493 e. The van der Waals surface area contributed by atoms with E-state index >= 15 is 0 Å². The molecule has 1 aliphatic heterocycles. The van der Waals surface area contributed by atoms with Crippen LogP contribution in [0.3, 0.4) is 0 Å². The van der Waals surface area contributed by atoms with E-state index in [4.69, 9.17) is 25.8 Å². The Labute approximate surface area is 191 Å². The van der Waals surface area contributed by atoms with Crippen LogP contribution in [0.1, 0.15) is 0 Å². The number of morpholine rings is 1. The third-order valence-electron chi connectivity index (χ3n) is 5.04. The summed E-state index contributed by atoms with van der Waals surface area (Å²) >= 11 is 5.86. The minimum atomic E-state index is -3.86. The van der Waals surface area contributed by atoms with Crippen LogP contribution in [0.15, 0.2) is 47.6 Å². The third kappa shape index (κ3) is 5.21. The number of fused-ring (bicyclic) bond motifs is 1. The molecule has 1 N–H and O–H groups in total. The first-order valence-corrected chi connectivity index (χ1v) is 11.9. The van der Waals surface area contributed by atoms with E-state index in [9.17, 15) is 8.42 Å². The van der Waals surface area contributed by atoms with Crippen molar-refractivity contribution in [3.8, 4) is 11.5 Å². The Morgan fingerprint density at radius 3 is 2.59 bits per heavy atom. The Balaban J connectivity index is 1.56. The minimum absolute atomic E-state index is 0.0729. The van der Waals surface area contributed by atoms with Gasteiger partial charge >= 0.3 is 0 Å². The number of hydrogen-bond donors (Lipinski definition) is 1. The number of nitrogens with one attached hydrogen (secondary N) is 1. The molecule has 3 aromatic rings. The van der Waals surface area contributed by atoms with E-state index in [0.29, 0.717) is 34.0 Å². The largest absolute Gasteiger partial charge is 0.493 e. The summed E-state index contributed by atoms with van der Waals surface area (Å²) in [4.78, 5) is 10.7. The average Bonchev–Trinajstić information content (AvgIpc) is 2.79. The Hall–Kier alpha value is -2.66. The first-order chi connectivity index (χ1) is 15.5. The van der Waals surface area contributed by atoms with Crippen LogP contribution in [0.25, 0.3) is 10.9 Å². The van der Waals surface area contributed by atoms with Crippen molar-refractivity contribution in [3.63, 3.8) is 0 Å². The van der Waals surface area contributed by atoms with Gasteiger partial charge in [0, 0.05) is 36.1 Å². The van der Waals surface area contributed by atoms with Crippen molar-refractivity contribution in [1.29, 1.82) is 0 Å². The second-order valence-corrected chi connectivity index (χ2v) is 9.22. The van der Waals surface area contributed by atoms with Gasteiger partial charge < -0.3 is 14.2 Å². The molecule has 0 bridgehead atoms. The number of nitrogens with zero attached hydrogens (tertiary/aromatic N) is 3. The molecule has 1 saturated heterocycles. The van der Waals surface area contributed by atoms with Crippen molar-refractivity contribution in [2.75, 3.05) is 51.3 Å². The number of sulfonamides is 1. The number of hydrogen-bond acceptors (Lipinski definition) is 8. The summed E-state index contributed by atoms with van der Waals surface area (Å²) in [6.45, 7) is 4.45. The Morgan fingerprint density at radius 2 is 1.88 bits per heavy atom. The van der Waals surface area contributed by atoms with Crippen LogP contribution in [0.5, 0.6) is 11.5 Å². The monoisotopic (exact) mass is 478 g/mol. The normalized spacial score (nSPS) is 14.9. The lowest BCUT2D eigenvalue weighted by atomic mass is 10.2. The molecule has 2 aromatic carbocycles. The maximum absolute atomic E-state index is 12.8. The lowest BCUT2D eigenvalue weighted by molar-refractivity contribution is 0.0321. The number of aromatic nitrogens is 2. The summed E-state index contributed by atoms with van der Waals surface area (Å²) in [5.74, 6) is 1.13. The second kappa shape index (κ2) is 9.86. The fourth-order valence-corrected chi connectivity index (χ4v) is 4.48. The van der Waals surface area contributed by atoms with E-state index in [0.717, 1.165) is 32.8 Å². The summed E-state index contributed by atoms with van der Waals surface area (Å²) in [6, 6.07) is 9.26. The second-order valence-electron chi connectivity index (χ2n) is 7.10. The van der Waals surface area contributed by atoms with Crippen molar-refractivity contribution in [2.45, 2.75) is 4.90 Å². The quantitative estimate of drug-likeness (QED) is 0.527. The molecule has 1 aromatic heterocycles. The van der Waals surface area contributed by atoms with Gasteiger partial charge in [-0.1, -0.05) is 11.6 Å². The Bertz CT molecular complexity index is 1180. The van der Waals surface area contributed by atoms with Gasteiger partial charge in [0.05, 0.1) is 30.7 Å². The van der Waals surface area contributed by atoms with Gasteiger partial charge in [-0.3, -0.25) is 9.62 Å². The molecule has 0 spiro atoms. The van der Waals surface area contributed by atoms with Crippen molar-refractivity contribution < 1.29 is 22.6 Å². The molecule has 0 aliphatic carbocycles. The van der Waals surface area contributed by atoms with E-state index in [1.54, 1.807) is 12.1 Å². The lowest BCUT2D eigenvalue weighted by Crippen LogP contribution is -2.38. The van der Waals surface area contributed by atoms with E-state index in [-0.39, 0.29) is 10.7 Å². The summed E-state index contributed by atoms with van der Waals surface area (Å²) in [5.41, 5.74) is 0.524. The number of halogens is 1. The zero-order valence-corrected chi connectivity index (χ0v) is 19.0. The smallest absolute Gasteiger partial charge is 0.263 e. The zero-order valence-electron chi connectivity index (χ0n) is 17.5. The topological polar surface area (TPSA) is 103 Å². The van der Waals surface area contributed by atoms with Crippen molar-refractivity contribution in [3.05, 3.63) is 47.7 Å². The first-order valence-electron chi connectivity index (χ1n) is 10.0. The van der Waals surface area contributed by atoms with Gasteiger partial charge in [-0.05, 0) is 30.3 Å². The highest BCUT2D eigenvalue weighted by Crippen LogP contribution is 2.34. The van der Waals surface area contributed by atoms with Gasteiger partial charge in [-0.2, -0.15) is 0 Å². The zero-order chi connectivity index (χ0) is 22.6. The summed E-state index contributed by atoms with van der Waals surface area (Å²) in [6.07, 6.45) is 1.30. The molecule has 11 heteroatoms. The molecule has 1 aliphatic rings. The maximum atomic E-state index is 12.8. The van der Waals surface area contributed by atoms with Crippen molar-refractivity contribution in [1.82, 2.24) is 14.9 Å². The van der Waals surface area contributed by atoms with Gasteiger partial charge in [0.25, 0.3) is 10.0 Å². The summed E-state index contributed by atoms with van der Waals surface area (Å²) < 4.78 is 44.9. The molecule has 0 radical (unpaired) electrons. The average molecular weight is 479 g/mol. The molecule has 170 valence electrons. The number of methoxy groups -OCH3 is 1. The van der Waals surface area contributed by atoms with E-state index in [1.165, 1.54) is 37.7 Å². The van der Waals surface area contributed by atoms with Crippen LogP contribution < -0.4 is 14.2 Å². The molecule has 0 atom stereocenters. The molecule has 1 fully saturated rings. The van der Waals surface area contributed by atoms with Gasteiger partial charge in [0.2, 0.25) is 0 Å². The lowest BCUT2D eigenvalue weighted by Gasteiger charge is -2.26. The van der Waals surface area contributed by atoms with E-state index in [1.807, 2.05) is 0 Å². The number of anilines is 1. The number of ether oxygens (including phenoxy) is 3. The van der Waals surface area contributed by atoms with Crippen LogP contribution in [0.2, 0.25) is 5.02 Å².